The molecule has 31 heavy (non-hydrogen) atoms. The van der Waals surface area contributed by atoms with E-state index in [1.165, 1.54) is 0 Å². The number of halogens is 1. The molecule has 0 unspecified atom stereocenters. The first-order chi connectivity index (χ1) is 14.9. The lowest BCUT2D eigenvalue weighted by molar-refractivity contribution is 0.0879. The van der Waals surface area contributed by atoms with Gasteiger partial charge in [0.1, 0.15) is 0 Å². The Morgan fingerprint density at radius 3 is 2.45 bits per heavy atom. The van der Waals surface area contributed by atoms with Crippen molar-refractivity contribution in [2.24, 2.45) is 5.73 Å². The number of rotatable bonds is 4. The van der Waals surface area contributed by atoms with Crippen LogP contribution < -0.4 is 11.1 Å². The minimum atomic E-state index is -0.586. The number of primary amides is 1. The maximum absolute atomic E-state index is 12.8. The van der Waals surface area contributed by atoms with Crippen molar-refractivity contribution in [1.82, 2.24) is 9.88 Å². The number of amides is 3. The summed E-state index contributed by atoms with van der Waals surface area (Å²) in [5.74, 6) is -1.58. The summed E-state index contributed by atoms with van der Waals surface area (Å²) in [5, 5.41) is 13.8. The van der Waals surface area contributed by atoms with Crippen molar-refractivity contribution in [3.05, 3.63) is 70.2 Å². The number of nitrogens with two attached hydrogens (primary N) is 1. The molecule has 2 heterocycles. The Morgan fingerprint density at radius 1 is 1.00 bits per heavy atom. The van der Waals surface area contributed by atoms with Crippen LogP contribution in [-0.2, 0) is 6.54 Å². The van der Waals surface area contributed by atoms with Crippen molar-refractivity contribution in [3.63, 3.8) is 0 Å². The summed E-state index contributed by atoms with van der Waals surface area (Å²) in [6.07, 6.45) is 0. The molecule has 3 aromatic carbocycles. The van der Waals surface area contributed by atoms with E-state index in [0.29, 0.717) is 43.5 Å². The molecule has 1 aliphatic heterocycles. The van der Waals surface area contributed by atoms with Gasteiger partial charge in [0, 0.05) is 39.0 Å². The van der Waals surface area contributed by atoms with E-state index >= 15 is 0 Å². The number of nitrogens with zero attached hydrogens (tertiary/aromatic N) is 1. The van der Waals surface area contributed by atoms with E-state index in [2.05, 4.69) is 5.32 Å². The van der Waals surface area contributed by atoms with Crippen LogP contribution in [0.25, 0.3) is 32.9 Å². The summed E-state index contributed by atoms with van der Waals surface area (Å²) in [5.41, 5.74) is 8.68. The van der Waals surface area contributed by atoms with Gasteiger partial charge in [0.05, 0.1) is 23.3 Å². The van der Waals surface area contributed by atoms with Crippen LogP contribution in [0.3, 0.4) is 0 Å². The molecule has 3 amide bonds. The highest BCUT2D eigenvalue weighted by Crippen LogP contribution is 2.42. The minimum absolute atomic E-state index is 0.163. The van der Waals surface area contributed by atoms with E-state index in [4.69, 9.17) is 17.3 Å². The van der Waals surface area contributed by atoms with Gasteiger partial charge in [-0.25, -0.2) is 0 Å². The number of aromatic nitrogens is 1. The van der Waals surface area contributed by atoms with Crippen LogP contribution in [0.5, 0.6) is 0 Å². The third-order valence-corrected chi connectivity index (χ3v) is 5.94. The molecule has 0 aliphatic carbocycles. The molecule has 4 N–H and O–H groups in total. The largest absolute Gasteiger partial charge is 0.395 e. The third-order valence-electron chi connectivity index (χ3n) is 5.61. The normalized spacial score (nSPS) is 13.1. The van der Waals surface area contributed by atoms with Crippen molar-refractivity contribution >= 4 is 51.1 Å². The average Bonchev–Trinajstić information content (AvgIpc) is 3.22. The molecule has 0 saturated carbocycles. The summed E-state index contributed by atoms with van der Waals surface area (Å²) in [4.78, 5) is 37.3. The van der Waals surface area contributed by atoms with Gasteiger partial charge in [-0.1, -0.05) is 35.9 Å². The molecule has 7 nitrogen and oxygen atoms in total. The van der Waals surface area contributed by atoms with Crippen LogP contribution in [0.1, 0.15) is 31.1 Å². The first-order valence-corrected chi connectivity index (χ1v) is 9.94. The smallest absolute Gasteiger partial charge is 0.259 e. The second kappa shape index (κ2) is 6.94. The SMILES string of the molecule is NC(=O)c1ccc2c3c4c(c(-c5ccccc5Cl)cc3n(CCO)c2c1)C(=O)NC4=O. The van der Waals surface area contributed by atoms with E-state index in [1.807, 2.05) is 4.57 Å². The topological polar surface area (TPSA) is 114 Å². The zero-order chi connectivity index (χ0) is 21.9. The molecular weight excluding hydrogens is 418 g/mol. The maximum Gasteiger partial charge on any atom is 0.259 e. The number of fused-ring (bicyclic) bond motifs is 5. The van der Waals surface area contributed by atoms with Gasteiger partial charge in [-0.2, -0.15) is 0 Å². The lowest BCUT2D eigenvalue weighted by Gasteiger charge is -2.11. The van der Waals surface area contributed by atoms with E-state index < -0.39 is 17.7 Å². The fourth-order valence-electron chi connectivity index (χ4n) is 4.33. The van der Waals surface area contributed by atoms with Crippen molar-refractivity contribution < 1.29 is 19.5 Å². The number of nitrogens with one attached hydrogen (secondary N) is 1. The summed E-state index contributed by atoms with van der Waals surface area (Å²) < 4.78 is 1.81. The van der Waals surface area contributed by atoms with Crippen molar-refractivity contribution in [3.8, 4) is 11.1 Å². The highest BCUT2D eigenvalue weighted by atomic mass is 35.5. The van der Waals surface area contributed by atoms with Crippen molar-refractivity contribution in [2.45, 2.75) is 6.54 Å². The summed E-state index contributed by atoms with van der Waals surface area (Å²) in [6, 6.07) is 13.8. The summed E-state index contributed by atoms with van der Waals surface area (Å²) in [7, 11) is 0. The van der Waals surface area contributed by atoms with Gasteiger partial charge in [0.15, 0.2) is 0 Å². The first-order valence-electron chi connectivity index (χ1n) is 9.56. The number of hydrogen-bond donors (Lipinski definition) is 3. The Morgan fingerprint density at radius 2 is 1.74 bits per heavy atom. The number of hydrogen-bond acceptors (Lipinski definition) is 4. The molecule has 0 atom stereocenters. The van der Waals surface area contributed by atoms with Gasteiger partial charge in [0.2, 0.25) is 5.91 Å². The molecule has 4 aromatic rings. The molecule has 5 rings (SSSR count). The molecule has 0 radical (unpaired) electrons. The van der Waals surface area contributed by atoms with Crippen LogP contribution in [-0.4, -0.2) is 34.0 Å². The lowest BCUT2D eigenvalue weighted by atomic mass is 9.92. The van der Waals surface area contributed by atoms with Gasteiger partial charge in [-0.3, -0.25) is 19.7 Å². The number of carbonyl (C=O) groups excluding carboxylic acids is 3. The van der Waals surface area contributed by atoms with Gasteiger partial charge in [-0.05, 0) is 29.8 Å². The average molecular weight is 434 g/mol. The summed E-state index contributed by atoms with van der Waals surface area (Å²) in [6.45, 7) is 0.0574. The highest BCUT2D eigenvalue weighted by Gasteiger charge is 2.34. The zero-order valence-electron chi connectivity index (χ0n) is 16.1. The second-order valence-electron chi connectivity index (χ2n) is 7.30. The number of carbonyl (C=O) groups is 3. The van der Waals surface area contributed by atoms with Gasteiger partial charge >= 0.3 is 0 Å². The van der Waals surface area contributed by atoms with E-state index in [0.717, 1.165) is 0 Å². The van der Waals surface area contributed by atoms with Crippen LogP contribution in [0.15, 0.2) is 48.5 Å². The summed E-state index contributed by atoms with van der Waals surface area (Å²) >= 11 is 6.42. The molecule has 154 valence electrons. The second-order valence-corrected chi connectivity index (χ2v) is 7.71. The van der Waals surface area contributed by atoms with Crippen molar-refractivity contribution in [1.29, 1.82) is 0 Å². The zero-order valence-corrected chi connectivity index (χ0v) is 16.9. The number of aliphatic hydroxyl groups is 1. The van der Waals surface area contributed by atoms with Crippen LogP contribution in [0.2, 0.25) is 5.02 Å². The molecule has 0 saturated heterocycles. The Balaban J connectivity index is 2.00. The number of benzene rings is 3. The Hall–Kier alpha value is -3.68. The molecule has 0 bridgehead atoms. The lowest BCUT2D eigenvalue weighted by Crippen LogP contribution is -2.20. The predicted octanol–water partition coefficient (Wildman–Crippen LogP) is 3.09. The van der Waals surface area contributed by atoms with E-state index in [-0.39, 0.29) is 24.3 Å². The Labute approximate surface area is 181 Å². The van der Waals surface area contributed by atoms with E-state index in [9.17, 15) is 19.5 Å². The Kier molecular flexibility index (Phi) is 4.32. The Bertz CT molecular complexity index is 1450. The fourth-order valence-corrected chi connectivity index (χ4v) is 4.57. The minimum Gasteiger partial charge on any atom is -0.395 e. The van der Waals surface area contributed by atoms with Crippen LogP contribution in [0.4, 0.5) is 0 Å². The quantitative estimate of drug-likeness (QED) is 0.429. The molecule has 1 aromatic heterocycles. The fraction of sp³-hybridized carbons (Fsp3) is 0.0870. The molecule has 8 heteroatoms. The molecule has 0 spiro atoms. The molecule has 1 aliphatic rings. The number of aliphatic hydroxyl groups excluding tert-OH is 1. The molecular formula is C23H16ClN3O4. The van der Waals surface area contributed by atoms with Crippen LogP contribution >= 0.6 is 11.6 Å². The maximum atomic E-state index is 12.8. The van der Waals surface area contributed by atoms with Gasteiger partial charge in [-0.15, -0.1) is 0 Å². The molecule has 0 fully saturated rings. The first kappa shape index (κ1) is 19.3. The number of imide groups is 1. The predicted molar refractivity (Wildman–Crippen MR) is 117 cm³/mol. The van der Waals surface area contributed by atoms with Gasteiger partial charge < -0.3 is 15.4 Å². The monoisotopic (exact) mass is 433 g/mol. The highest BCUT2D eigenvalue weighted by molar-refractivity contribution is 6.36. The van der Waals surface area contributed by atoms with E-state index in [1.54, 1.807) is 48.5 Å². The van der Waals surface area contributed by atoms with Crippen molar-refractivity contribution in [2.75, 3.05) is 6.61 Å². The van der Waals surface area contributed by atoms with Gasteiger partial charge in [0.25, 0.3) is 11.8 Å². The standard InChI is InChI=1S/C23H16ClN3O4/c24-15-4-2-1-3-12(15)14-10-17-18(20-19(14)22(30)26-23(20)31)13-6-5-11(21(25)29)9-16(13)27(17)7-8-28/h1-6,9-10,28H,7-8H2,(H2,25,29)(H,26,30,31). The van der Waals surface area contributed by atoms with Crippen LogP contribution in [0, 0.1) is 0 Å². The third kappa shape index (κ3) is 2.74.